The molecule has 3 amide bonds. The average Bonchev–Trinajstić information content (AvgIpc) is 2.89. The number of hydrogen-bond donors (Lipinski definition) is 2. The summed E-state index contributed by atoms with van der Waals surface area (Å²) in [6, 6.07) is 14.0. The van der Waals surface area contributed by atoms with E-state index in [-0.39, 0.29) is 17.7 Å². The first-order chi connectivity index (χ1) is 19.3. The maximum atomic E-state index is 14.4. The highest BCUT2D eigenvalue weighted by Gasteiger charge is 2.37. The lowest BCUT2D eigenvalue weighted by Gasteiger charge is -2.36. The predicted octanol–water partition coefficient (Wildman–Crippen LogP) is 7.01. The van der Waals surface area contributed by atoms with Gasteiger partial charge in [-0.15, -0.1) is 0 Å². The number of nitrogens with zero attached hydrogens (tertiary/aromatic N) is 1. The Morgan fingerprint density at radius 1 is 0.927 bits per heavy atom. The fraction of sp³-hybridized carbons (Fsp3) is 0.559. The van der Waals surface area contributed by atoms with Gasteiger partial charge in [0.1, 0.15) is 17.7 Å². The van der Waals surface area contributed by atoms with Crippen molar-refractivity contribution in [3.8, 4) is 0 Å². The molecule has 0 bridgehead atoms. The minimum atomic E-state index is -0.851. The van der Waals surface area contributed by atoms with Crippen LogP contribution < -0.4 is 10.6 Å². The van der Waals surface area contributed by atoms with E-state index in [0.717, 1.165) is 54.4 Å². The van der Waals surface area contributed by atoms with Gasteiger partial charge in [0.15, 0.2) is 0 Å². The van der Waals surface area contributed by atoms with E-state index < -0.39 is 23.8 Å². The number of carbonyl (C=O) groups excluding carboxylic acids is 3. The SMILES string of the molecule is CCCCCCCN(C(=O)C(NC(=O)OC(C)(C)C)C(C)C)C(C(=O)NCc1ccccc1)c1ccc(C)cc1C. The van der Waals surface area contributed by atoms with E-state index in [4.69, 9.17) is 4.74 Å². The van der Waals surface area contributed by atoms with Crippen molar-refractivity contribution in [3.05, 3.63) is 70.8 Å². The maximum Gasteiger partial charge on any atom is 0.408 e. The van der Waals surface area contributed by atoms with Gasteiger partial charge in [-0.25, -0.2) is 4.79 Å². The first kappa shape index (κ1) is 33.9. The van der Waals surface area contributed by atoms with E-state index in [1.54, 1.807) is 25.7 Å². The summed E-state index contributed by atoms with van der Waals surface area (Å²) in [5.41, 5.74) is 3.08. The van der Waals surface area contributed by atoms with Crippen molar-refractivity contribution in [1.82, 2.24) is 15.5 Å². The van der Waals surface area contributed by atoms with Crippen molar-refractivity contribution >= 4 is 17.9 Å². The monoisotopic (exact) mass is 565 g/mol. The van der Waals surface area contributed by atoms with Gasteiger partial charge < -0.3 is 20.3 Å². The molecule has 0 fully saturated rings. The molecule has 226 valence electrons. The second-order valence-corrected chi connectivity index (χ2v) is 12.3. The Labute approximate surface area is 247 Å². The third-order valence-corrected chi connectivity index (χ3v) is 6.98. The van der Waals surface area contributed by atoms with E-state index in [2.05, 4.69) is 17.6 Å². The summed E-state index contributed by atoms with van der Waals surface area (Å²) in [4.78, 5) is 42.8. The molecule has 2 unspecified atom stereocenters. The molecule has 2 atom stereocenters. The predicted molar refractivity (Wildman–Crippen MR) is 165 cm³/mol. The normalized spacial score (nSPS) is 12.9. The van der Waals surface area contributed by atoms with Crippen molar-refractivity contribution in [2.45, 2.75) is 112 Å². The van der Waals surface area contributed by atoms with Crippen molar-refractivity contribution < 1.29 is 19.1 Å². The first-order valence-corrected chi connectivity index (χ1v) is 15.0. The summed E-state index contributed by atoms with van der Waals surface area (Å²) >= 11 is 0. The lowest BCUT2D eigenvalue weighted by atomic mass is 9.94. The van der Waals surface area contributed by atoms with E-state index in [0.29, 0.717) is 13.1 Å². The third kappa shape index (κ3) is 11.2. The molecule has 0 aliphatic carbocycles. The number of nitrogens with one attached hydrogen (secondary N) is 2. The van der Waals surface area contributed by atoms with Crippen LogP contribution in [0.25, 0.3) is 0 Å². The third-order valence-electron chi connectivity index (χ3n) is 6.98. The van der Waals surface area contributed by atoms with Crippen LogP contribution in [0.4, 0.5) is 4.79 Å². The number of hydrogen-bond acceptors (Lipinski definition) is 4. The van der Waals surface area contributed by atoms with Crippen molar-refractivity contribution in [3.63, 3.8) is 0 Å². The second kappa shape index (κ2) is 16.2. The molecule has 2 N–H and O–H groups in total. The minimum absolute atomic E-state index is 0.218. The largest absolute Gasteiger partial charge is 0.444 e. The lowest BCUT2D eigenvalue weighted by Crippen LogP contribution is -2.55. The van der Waals surface area contributed by atoms with E-state index >= 15 is 0 Å². The van der Waals surface area contributed by atoms with E-state index in [1.807, 2.05) is 76.2 Å². The molecule has 7 nitrogen and oxygen atoms in total. The molecule has 41 heavy (non-hydrogen) atoms. The van der Waals surface area contributed by atoms with Gasteiger partial charge in [0.25, 0.3) is 0 Å². The number of alkyl carbamates (subject to hydrolysis) is 1. The molecule has 7 heteroatoms. The number of carbonyl (C=O) groups is 3. The van der Waals surface area contributed by atoms with Gasteiger partial charge in [-0.05, 0) is 63.6 Å². The molecule has 2 rings (SSSR count). The number of ether oxygens (including phenoxy) is 1. The van der Waals surface area contributed by atoms with Gasteiger partial charge in [0.2, 0.25) is 11.8 Å². The topological polar surface area (TPSA) is 87.7 Å². The zero-order chi connectivity index (χ0) is 30.6. The van der Waals surface area contributed by atoms with Gasteiger partial charge in [-0.3, -0.25) is 9.59 Å². The molecular formula is C34H51N3O4. The molecule has 0 aromatic heterocycles. The van der Waals surface area contributed by atoms with Crippen molar-refractivity contribution in [1.29, 1.82) is 0 Å². The summed E-state index contributed by atoms with van der Waals surface area (Å²) in [5, 5.41) is 5.89. The smallest absolute Gasteiger partial charge is 0.408 e. The highest BCUT2D eigenvalue weighted by molar-refractivity contribution is 5.92. The van der Waals surface area contributed by atoms with Gasteiger partial charge in [0, 0.05) is 13.1 Å². The van der Waals surface area contributed by atoms with Crippen molar-refractivity contribution in [2.24, 2.45) is 5.92 Å². The summed E-state index contributed by atoms with van der Waals surface area (Å²) in [6.07, 6.45) is 4.37. The van der Waals surface area contributed by atoms with Crippen LogP contribution in [0.1, 0.15) is 102 Å². The average molecular weight is 566 g/mol. The molecule has 2 aromatic rings. The maximum absolute atomic E-state index is 14.4. The van der Waals surface area contributed by atoms with Crippen LogP contribution in [0.15, 0.2) is 48.5 Å². The van der Waals surface area contributed by atoms with Crippen LogP contribution in [0.2, 0.25) is 0 Å². The molecular weight excluding hydrogens is 514 g/mol. The Bertz CT molecular complexity index is 1120. The van der Waals surface area contributed by atoms with Crippen LogP contribution in [-0.4, -0.2) is 41.0 Å². The van der Waals surface area contributed by atoms with Crippen LogP contribution in [-0.2, 0) is 20.9 Å². The molecule has 2 aromatic carbocycles. The van der Waals surface area contributed by atoms with Crippen molar-refractivity contribution in [2.75, 3.05) is 6.54 Å². The Kier molecular flexibility index (Phi) is 13.4. The van der Waals surface area contributed by atoms with Crippen LogP contribution >= 0.6 is 0 Å². The molecule has 0 radical (unpaired) electrons. The Morgan fingerprint density at radius 2 is 1.59 bits per heavy atom. The van der Waals surface area contributed by atoms with Gasteiger partial charge >= 0.3 is 6.09 Å². The minimum Gasteiger partial charge on any atom is -0.444 e. The quantitative estimate of drug-likeness (QED) is 0.241. The molecule has 0 heterocycles. The zero-order valence-electron chi connectivity index (χ0n) is 26.4. The second-order valence-electron chi connectivity index (χ2n) is 12.3. The van der Waals surface area contributed by atoms with Crippen LogP contribution in [0.3, 0.4) is 0 Å². The number of aryl methyl sites for hydroxylation is 2. The fourth-order valence-electron chi connectivity index (χ4n) is 4.84. The molecule has 0 spiro atoms. The van der Waals surface area contributed by atoms with Crippen LogP contribution in [0.5, 0.6) is 0 Å². The van der Waals surface area contributed by atoms with Gasteiger partial charge in [-0.1, -0.05) is 101 Å². The molecule has 0 saturated carbocycles. The summed E-state index contributed by atoms with van der Waals surface area (Å²) in [6.45, 7) is 16.0. The Morgan fingerprint density at radius 3 is 2.17 bits per heavy atom. The number of benzene rings is 2. The Hall–Kier alpha value is -3.35. The first-order valence-electron chi connectivity index (χ1n) is 15.0. The highest BCUT2D eigenvalue weighted by atomic mass is 16.6. The highest BCUT2D eigenvalue weighted by Crippen LogP contribution is 2.28. The fourth-order valence-corrected chi connectivity index (χ4v) is 4.84. The number of rotatable bonds is 14. The Balaban J connectivity index is 2.50. The van der Waals surface area contributed by atoms with Gasteiger partial charge in [0.05, 0.1) is 0 Å². The van der Waals surface area contributed by atoms with Crippen LogP contribution in [0, 0.1) is 19.8 Å². The molecule has 0 saturated heterocycles. The zero-order valence-corrected chi connectivity index (χ0v) is 26.4. The number of unbranched alkanes of at least 4 members (excludes halogenated alkanes) is 4. The summed E-state index contributed by atoms with van der Waals surface area (Å²) in [7, 11) is 0. The lowest BCUT2D eigenvalue weighted by molar-refractivity contribution is -0.143. The van der Waals surface area contributed by atoms with E-state index in [9.17, 15) is 14.4 Å². The van der Waals surface area contributed by atoms with Gasteiger partial charge in [-0.2, -0.15) is 0 Å². The number of amides is 3. The summed E-state index contributed by atoms with van der Waals surface area (Å²) in [5.74, 6) is -0.756. The molecule has 0 aliphatic rings. The molecule has 0 aliphatic heterocycles. The summed E-state index contributed by atoms with van der Waals surface area (Å²) < 4.78 is 5.49. The van der Waals surface area contributed by atoms with E-state index in [1.165, 1.54) is 0 Å². The standard InChI is InChI=1S/C34H51N3O4/c1-9-10-11-12-16-21-37(32(39)29(24(2)3)36-33(40)41-34(6,7)8)30(28-20-19-25(4)22-26(28)5)31(38)35-23-27-17-14-13-15-18-27/h13-15,17-20,22,24,29-30H,9-12,16,21,23H2,1-8H3,(H,35,38)(H,36,40).